The van der Waals surface area contributed by atoms with E-state index < -0.39 is 0 Å². The topological polar surface area (TPSA) is 56.9 Å². The molecule has 0 radical (unpaired) electrons. The quantitative estimate of drug-likeness (QED) is 0.774. The van der Waals surface area contributed by atoms with Crippen LogP contribution in [-0.4, -0.2) is 23.5 Å². The Morgan fingerprint density at radius 2 is 2.21 bits per heavy atom. The maximum Gasteiger partial charge on any atom is 0.241 e. The Kier molecular flexibility index (Phi) is 3.25. The summed E-state index contributed by atoms with van der Waals surface area (Å²) in [4.78, 5) is 15.4. The molecule has 1 aliphatic heterocycles. The molecule has 0 aliphatic carbocycles. The molecule has 100 valence electrons. The molecule has 4 nitrogen and oxygen atoms in total. The van der Waals surface area contributed by atoms with Crippen molar-refractivity contribution in [1.82, 2.24) is 10.3 Å². The van der Waals surface area contributed by atoms with E-state index in [0.717, 1.165) is 41.7 Å². The number of anilines is 1. The van der Waals surface area contributed by atoms with E-state index in [1.165, 1.54) is 6.42 Å². The van der Waals surface area contributed by atoms with E-state index in [2.05, 4.69) is 21.7 Å². The fraction of sp³-hybridized carbons (Fsp3) is 0.400. The minimum absolute atomic E-state index is 0.0441. The van der Waals surface area contributed by atoms with Crippen LogP contribution in [-0.2, 0) is 4.79 Å². The van der Waals surface area contributed by atoms with Crippen LogP contribution in [0, 0.1) is 6.92 Å². The van der Waals surface area contributed by atoms with Crippen molar-refractivity contribution in [3.63, 3.8) is 0 Å². The molecule has 1 aliphatic rings. The number of H-pyrrole nitrogens is 1. The molecule has 19 heavy (non-hydrogen) atoms. The van der Waals surface area contributed by atoms with Gasteiger partial charge in [0.05, 0.1) is 6.04 Å². The first kappa shape index (κ1) is 12.2. The molecule has 4 heteroatoms. The highest BCUT2D eigenvalue weighted by Gasteiger charge is 2.20. The maximum absolute atomic E-state index is 12.1. The summed E-state index contributed by atoms with van der Waals surface area (Å²) in [6.45, 7) is 2.97. The van der Waals surface area contributed by atoms with Crippen LogP contribution in [0.1, 0.15) is 25.0 Å². The number of fused-ring (bicyclic) bond motifs is 1. The van der Waals surface area contributed by atoms with Gasteiger partial charge in [0.25, 0.3) is 0 Å². The zero-order valence-corrected chi connectivity index (χ0v) is 11.1. The first-order valence-corrected chi connectivity index (χ1v) is 6.86. The fourth-order valence-electron chi connectivity index (χ4n) is 2.66. The lowest BCUT2D eigenvalue weighted by molar-refractivity contribution is -0.118. The van der Waals surface area contributed by atoms with Gasteiger partial charge in [0, 0.05) is 22.3 Å². The summed E-state index contributed by atoms with van der Waals surface area (Å²) in [5.41, 5.74) is 3.10. The lowest BCUT2D eigenvalue weighted by Crippen LogP contribution is -2.43. The van der Waals surface area contributed by atoms with Gasteiger partial charge in [-0.2, -0.15) is 0 Å². The number of piperidine rings is 1. The zero-order chi connectivity index (χ0) is 13.2. The molecular weight excluding hydrogens is 238 g/mol. The van der Waals surface area contributed by atoms with Crippen LogP contribution < -0.4 is 10.6 Å². The van der Waals surface area contributed by atoms with E-state index in [9.17, 15) is 4.79 Å². The van der Waals surface area contributed by atoms with Gasteiger partial charge in [-0.1, -0.05) is 6.42 Å². The Morgan fingerprint density at radius 3 is 3.00 bits per heavy atom. The molecule has 0 bridgehead atoms. The SMILES string of the molecule is Cc1cc2cc(NC(=O)C3CCCCN3)ccc2[nH]1. The van der Waals surface area contributed by atoms with Crippen LogP contribution in [0.5, 0.6) is 0 Å². The predicted octanol–water partition coefficient (Wildman–Crippen LogP) is 2.56. The molecule has 1 unspecified atom stereocenters. The number of carbonyl (C=O) groups excluding carboxylic acids is 1. The van der Waals surface area contributed by atoms with Crippen LogP contribution in [0.4, 0.5) is 5.69 Å². The van der Waals surface area contributed by atoms with Crippen LogP contribution in [0.2, 0.25) is 0 Å². The Morgan fingerprint density at radius 1 is 1.32 bits per heavy atom. The number of aromatic nitrogens is 1. The number of hydrogen-bond acceptors (Lipinski definition) is 2. The smallest absolute Gasteiger partial charge is 0.241 e. The monoisotopic (exact) mass is 257 g/mol. The molecule has 1 aromatic carbocycles. The van der Waals surface area contributed by atoms with Gasteiger partial charge < -0.3 is 15.6 Å². The van der Waals surface area contributed by atoms with Crippen molar-refractivity contribution in [3.8, 4) is 0 Å². The Bertz CT molecular complexity index is 596. The van der Waals surface area contributed by atoms with Gasteiger partial charge in [-0.05, 0) is 50.6 Å². The molecular formula is C15H19N3O. The van der Waals surface area contributed by atoms with Crippen LogP contribution in [0.3, 0.4) is 0 Å². The third-order valence-electron chi connectivity index (χ3n) is 3.65. The standard InChI is InChI=1S/C15H19N3O/c1-10-8-11-9-12(5-6-13(11)17-10)18-15(19)14-4-2-3-7-16-14/h5-6,8-9,14,16-17H,2-4,7H2,1H3,(H,18,19). The second-order valence-electron chi connectivity index (χ2n) is 5.25. The first-order chi connectivity index (χ1) is 9.22. The summed E-state index contributed by atoms with van der Waals surface area (Å²) in [7, 11) is 0. The number of nitrogens with one attached hydrogen (secondary N) is 3. The number of aryl methyl sites for hydroxylation is 1. The third-order valence-corrected chi connectivity index (χ3v) is 3.65. The van der Waals surface area contributed by atoms with Crippen molar-refractivity contribution < 1.29 is 4.79 Å². The van der Waals surface area contributed by atoms with Gasteiger partial charge in [0.1, 0.15) is 0 Å². The summed E-state index contributed by atoms with van der Waals surface area (Å²) in [6.07, 6.45) is 3.22. The normalized spacial score (nSPS) is 19.5. The molecule has 0 spiro atoms. The van der Waals surface area contributed by atoms with Crippen molar-refractivity contribution in [2.75, 3.05) is 11.9 Å². The van der Waals surface area contributed by atoms with E-state index in [1.807, 2.05) is 25.1 Å². The predicted molar refractivity (Wildman–Crippen MR) is 77.3 cm³/mol. The number of aromatic amines is 1. The highest BCUT2D eigenvalue weighted by atomic mass is 16.2. The molecule has 1 aromatic heterocycles. The largest absolute Gasteiger partial charge is 0.359 e. The van der Waals surface area contributed by atoms with Crippen LogP contribution >= 0.6 is 0 Å². The summed E-state index contributed by atoms with van der Waals surface area (Å²) >= 11 is 0. The molecule has 2 heterocycles. The lowest BCUT2D eigenvalue weighted by Gasteiger charge is -2.22. The Balaban J connectivity index is 1.74. The van der Waals surface area contributed by atoms with E-state index in [1.54, 1.807) is 0 Å². The summed E-state index contributed by atoms with van der Waals surface area (Å²) < 4.78 is 0. The van der Waals surface area contributed by atoms with Gasteiger partial charge >= 0.3 is 0 Å². The van der Waals surface area contributed by atoms with Gasteiger partial charge in [-0.3, -0.25) is 4.79 Å². The van der Waals surface area contributed by atoms with Crippen LogP contribution in [0.15, 0.2) is 24.3 Å². The number of rotatable bonds is 2. The molecule has 3 N–H and O–H groups in total. The molecule has 0 saturated carbocycles. The summed E-state index contributed by atoms with van der Waals surface area (Å²) in [5.74, 6) is 0.0753. The average Bonchev–Trinajstić information content (AvgIpc) is 2.79. The minimum atomic E-state index is -0.0441. The zero-order valence-electron chi connectivity index (χ0n) is 11.1. The van der Waals surface area contributed by atoms with Crippen molar-refractivity contribution in [3.05, 3.63) is 30.0 Å². The van der Waals surface area contributed by atoms with E-state index in [0.29, 0.717) is 0 Å². The van der Waals surface area contributed by atoms with Crippen LogP contribution in [0.25, 0.3) is 10.9 Å². The Hall–Kier alpha value is -1.81. The minimum Gasteiger partial charge on any atom is -0.359 e. The molecule has 2 aromatic rings. The average molecular weight is 257 g/mol. The highest BCUT2D eigenvalue weighted by molar-refractivity contribution is 5.97. The molecule has 1 amide bonds. The van der Waals surface area contributed by atoms with E-state index >= 15 is 0 Å². The molecule has 1 fully saturated rings. The van der Waals surface area contributed by atoms with Crippen molar-refractivity contribution in [2.45, 2.75) is 32.2 Å². The summed E-state index contributed by atoms with van der Waals surface area (Å²) in [6, 6.07) is 8.01. The van der Waals surface area contributed by atoms with E-state index in [4.69, 9.17) is 0 Å². The van der Waals surface area contributed by atoms with Gasteiger partial charge in [-0.25, -0.2) is 0 Å². The highest BCUT2D eigenvalue weighted by Crippen LogP contribution is 2.20. The maximum atomic E-state index is 12.1. The lowest BCUT2D eigenvalue weighted by atomic mass is 10.0. The molecule has 1 atom stereocenters. The van der Waals surface area contributed by atoms with Gasteiger partial charge in [-0.15, -0.1) is 0 Å². The second-order valence-corrected chi connectivity index (χ2v) is 5.25. The number of amides is 1. The third kappa shape index (κ3) is 2.63. The van der Waals surface area contributed by atoms with Crippen molar-refractivity contribution >= 4 is 22.5 Å². The van der Waals surface area contributed by atoms with E-state index in [-0.39, 0.29) is 11.9 Å². The number of carbonyl (C=O) groups is 1. The van der Waals surface area contributed by atoms with Crippen molar-refractivity contribution in [2.24, 2.45) is 0 Å². The second kappa shape index (κ2) is 5.05. The summed E-state index contributed by atoms with van der Waals surface area (Å²) in [5, 5.41) is 7.39. The first-order valence-electron chi connectivity index (χ1n) is 6.86. The molecule has 3 rings (SSSR count). The van der Waals surface area contributed by atoms with Crippen molar-refractivity contribution in [1.29, 1.82) is 0 Å². The van der Waals surface area contributed by atoms with Gasteiger partial charge in [0.15, 0.2) is 0 Å². The van der Waals surface area contributed by atoms with Gasteiger partial charge in [0.2, 0.25) is 5.91 Å². The number of benzene rings is 1. The number of hydrogen-bond donors (Lipinski definition) is 3. The Labute approximate surface area is 112 Å². The molecule has 1 saturated heterocycles. The fourth-order valence-corrected chi connectivity index (χ4v) is 2.66.